The number of fused-ring (bicyclic) bond motifs is 4. The maximum Gasteiger partial charge on any atom is 0.145 e. The Hall–Kier alpha value is -3.28. The van der Waals surface area contributed by atoms with Crippen molar-refractivity contribution < 1.29 is 10.2 Å². The zero-order valence-corrected chi connectivity index (χ0v) is 12.6. The van der Waals surface area contributed by atoms with Gasteiger partial charge in [-0.1, -0.05) is 18.2 Å². The van der Waals surface area contributed by atoms with Gasteiger partial charge in [0.25, 0.3) is 0 Å². The minimum atomic E-state index is -0.308. The van der Waals surface area contributed by atoms with Crippen LogP contribution in [-0.2, 0) is 6.42 Å². The van der Waals surface area contributed by atoms with E-state index in [9.17, 15) is 10.2 Å². The van der Waals surface area contributed by atoms with Crippen molar-refractivity contribution in [1.29, 1.82) is 5.41 Å². The summed E-state index contributed by atoms with van der Waals surface area (Å²) in [6.45, 7) is 0. The summed E-state index contributed by atoms with van der Waals surface area (Å²) in [4.78, 5) is 9.44. The first-order valence-corrected chi connectivity index (χ1v) is 7.72. The number of nitrogens with zero attached hydrogens (tertiary/aromatic N) is 2. The van der Waals surface area contributed by atoms with E-state index in [1.165, 1.54) is 0 Å². The number of rotatable bonds is 1. The number of aromatic hydroxyl groups is 1. The Labute approximate surface area is 137 Å². The summed E-state index contributed by atoms with van der Waals surface area (Å²) >= 11 is 0. The van der Waals surface area contributed by atoms with Crippen molar-refractivity contribution in [3.05, 3.63) is 59.6 Å². The summed E-state index contributed by atoms with van der Waals surface area (Å²) in [5, 5.41) is 29.0. The van der Waals surface area contributed by atoms with Gasteiger partial charge in [-0.3, -0.25) is 5.41 Å². The molecule has 3 heterocycles. The van der Waals surface area contributed by atoms with Crippen LogP contribution in [0.25, 0.3) is 16.6 Å². The highest BCUT2D eigenvalue weighted by Crippen LogP contribution is 2.44. The lowest BCUT2D eigenvalue weighted by molar-refractivity contribution is 0.379. The Balaban J connectivity index is 1.64. The van der Waals surface area contributed by atoms with Crippen molar-refractivity contribution in [3.63, 3.8) is 0 Å². The molecule has 0 saturated heterocycles. The summed E-state index contributed by atoms with van der Waals surface area (Å²) in [7, 11) is 0. The lowest BCUT2D eigenvalue weighted by Crippen LogP contribution is -2.31. The molecule has 3 aromatic rings. The van der Waals surface area contributed by atoms with Crippen molar-refractivity contribution in [3.8, 4) is 5.75 Å². The summed E-state index contributed by atoms with van der Waals surface area (Å²) in [5.41, 5.74) is 3.86. The number of para-hydroxylation sites is 2. The fourth-order valence-electron chi connectivity index (χ4n) is 3.62. The third kappa shape index (κ3) is 1.59. The van der Waals surface area contributed by atoms with Gasteiger partial charge in [0.1, 0.15) is 23.2 Å². The van der Waals surface area contributed by atoms with Gasteiger partial charge in [0, 0.05) is 12.5 Å². The van der Waals surface area contributed by atoms with Crippen LogP contribution in [0.15, 0.2) is 48.2 Å². The maximum atomic E-state index is 10.7. The number of aromatic nitrogens is 2. The number of hydrogen-bond donors (Lipinski definition) is 4. The van der Waals surface area contributed by atoms with Crippen molar-refractivity contribution in [2.24, 2.45) is 0 Å². The average molecular weight is 318 g/mol. The Morgan fingerprint density at radius 2 is 2.00 bits per heavy atom. The molecule has 0 radical (unpaired) electrons. The molecule has 1 unspecified atom stereocenters. The quantitative estimate of drug-likeness (QED) is 0.554. The fourth-order valence-corrected chi connectivity index (χ4v) is 3.62. The van der Waals surface area contributed by atoms with Gasteiger partial charge in [0.05, 0.1) is 28.3 Å². The van der Waals surface area contributed by atoms with Gasteiger partial charge in [-0.2, -0.15) is 0 Å². The number of aliphatic hydroxyl groups is 1. The van der Waals surface area contributed by atoms with E-state index in [-0.39, 0.29) is 23.4 Å². The van der Waals surface area contributed by atoms with Crippen molar-refractivity contribution in [2.45, 2.75) is 12.5 Å². The Morgan fingerprint density at radius 3 is 2.83 bits per heavy atom. The van der Waals surface area contributed by atoms with Crippen LogP contribution in [0.4, 0.5) is 5.69 Å². The minimum absolute atomic E-state index is 0.148. The van der Waals surface area contributed by atoms with Gasteiger partial charge in [-0.15, -0.1) is 0 Å². The molecule has 2 aromatic carbocycles. The number of amidine groups is 1. The summed E-state index contributed by atoms with van der Waals surface area (Å²) in [6, 6.07) is 12.4. The molecule has 1 atom stereocenters. The van der Waals surface area contributed by atoms with Crippen LogP contribution in [-0.4, -0.2) is 32.1 Å². The van der Waals surface area contributed by atoms with Gasteiger partial charge in [-0.05, 0) is 23.8 Å². The Kier molecular flexibility index (Phi) is 2.41. The molecule has 6 heteroatoms. The monoisotopic (exact) mass is 318 g/mol. The highest BCUT2D eigenvalue weighted by atomic mass is 16.3. The molecule has 0 saturated carbocycles. The van der Waals surface area contributed by atoms with Crippen LogP contribution in [0.5, 0.6) is 5.75 Å². The second-order valence-corrected chi connectivity index (χ2v) is 6.11. The van der Waals surface area contributed by atoms with Gasteiger partial charge in [0.15, 0.2) is 0 Å². The van der Waals surface area contributed by atoms with Crippen LogP contribution in [0.3, 0.4) is 0 Å². The van der Waals surface area contributed by atoms with Crippen molar-refractivity contribution in [2.75, 3.05) is 4.90 Å². The van der Waals surface area contributed by atoms with E-state index in [2.05, 4.69) is 9.97 Å². The lowest BCUT2D eigenvalue weighted by Gasteiger charge is -2.19. The molecule has 0 spiro atoms. The van der Waals surface area contributed by atoms with Crippen LogP contribution in [0, 0.1) is 5.41 Å². The van der Waals surface area contributed by atoms with E-state index in [1.807, 2.05) is 30.3 Å². The van der Waals surface area contributed by atoms with Crippen LogP contribution >= 0.6 is 0 Å². The van der Waals surface area contributed by atoms with Crippen molar-refractivity contribution in [1.82, 2.24) is 9.97 Å². The highest BCUT2D eigenvalue weighted by molar-refractivity contribution is 6.31. The fraction of sp³-hybridized carbons (Fsp3) is 0.111. The predicted molar refractivity (Wildman–Crippen MR) is 91.4 cm³/mol. The molecule has 0 amide bonds. The number of anilines is 1. The SMILES string of the molecule is N=C1C(c2nc3ccccc3[nH]2)=C(O)C2Cc3ccc(O)cc3N12. The first-order chi connectivity index (χ1) is 11.6. The number of hydrogen-bond acceptors (Lipinski definition) is 4. The van der Waals surface area contributed by atoms with E-state index >= 15 is 0 Å². The number of phenols is 1. The number of aliphatic hydroxyl groups excluding tert-OH is 1. The Morgan fingerprint density at radius 1 is 1.17 bits per heavy atom. The zero-order chi connectivity index (χ0) is 16.4. The molecule has 5 rings (SSSR count). The third-order valence-electron chi connectivity index (χ3n) is 4.73. The molecule has 2 aliphatic rings. The van der Waals surface area contributed by atoms with E-state index in [0.29, 0.717) is 17.8 Å². The largest absolute Gasteiger partial charge is 0.509 e. The van der Waals surface area contributed by atoms with E-state index < -0.39 is 0 Å². The number of benzene rings is 2. The second-order valence-electron chi connectivity index (χ2n) is 6.11. The van der Waals surface area contributed by atoms with Gasteiger partial charge < -0.3 is 20.1 Å². The number of phenolic OH excluding ortho intramolecular Hbond substituents is 1. The number of aromatic amines is 1. The molecule has 24 heavy (non-hydrogen) atoms. The minimum Gasteiger partial charge on any atom is -0.509 e. The normalized spacial score (nSPS) is 19.2. The molecule has 0 fully saturated rings. The molecular formula is C18H14N4O2. The predicted octanol–water partition coefficient (Wildman–Crippen LogP) is 2.96. The van der Waals surface area contributed by atoms with Crippen molar-refractivity contribution >= 4 is 28.1 Å². The number of nitrogens with one attached hydrogen (secondary N) is 2. The molecule has 0 aliphatic carbocycles. The van der Waals surface area contributed by atoms with E-state index in [1.54, 1.807) is 17.0 Å². The first-order valence-electron chi connectivity index (χ1n) is 7.72. The lowest BCUT2D eigenvalue weighted by atomic mass is 10.1. The van der Waals surface area contributed by atoms with Crippen LogP contribution in [0.2, 0.25) is 0 Å². The standard InChI is InChI=1S/C18H14N4O2/c19-17-15(18-20-11-3-1-2-4-12(11)21-18)16(24)14-7-9-5-6-10(23)8-13(9)22(14)17/h1-6,8,14,19,23-24H,7H2,(H,20,21). The van der Waals surface area contributed by atoms with E-state index in [0.717, 1.165) is 22.3 Å². The molecule has 2 aliphatic heterocycles. The molecular weight excluding hydrogens is 304 g/mol. The van der Waals surface area contributed by atoms with Crippen LogP contribution in [0.1, 0.15) is 11.4 Å². The molecule has 118 valence electrons. The van der Waals surface area contributed by atoms with Gasteiger partial charge >= 0.3 is 0 Å². The van der Waals surface area contributed by atoms with E-state index in [4.69, 9.17) is 5.41 Å². The number of imidazole rings is 1. The van der Waals surface area contributed by atoms with Gasteiger partial charge in [-0.25, -0.2) is 4.98 Å². The number of H-pyrrole nitrogens is 1. The summed E-state index contributed by atoms with van der Waals surface area (Å²) in [6.07, 6.45) is 0.605. The molecule has 1 aromatic heterocycles. The van der Waals surface area contributed by atoms with Crippen LogP contribution < -0.4 is 4.90 Å². The molecule has 6 nitrogen and oxygen atoms in total. The zero-order valence-electron chi connectivity index (χ0n) is 12.6. The maximum absolute atomic E-state index is 10.7. The average Bonchev–Trinajstić information content (AvgIpc) is 3.20. The molecule has 0 bridgehead atoms. The van der Waals surface area contributed by atoms with Gasteiger partial charge in [0.2, 0.25) is 0 Å². The second kappa shape index (κ2) is 4.38. The third-order valence-corrected chi connectivity index (χ3v) is 4.73. The summed E-state index contributed by atoms with van der Waals surface area (Å²) in [5.74, 6) is 0.990. The summed E-state index contributed by atoms with van der Waals surface area (Å²) < 4.78 is 0. The molecule has 4 N–H and O–H groups in total. The highest BCUT2D eigenvalue weighted by Gasteiger charge is 2.44. The smallest absolute Gasteiger partial charge is 0.145 e. The Bertz CT molecular complexity index is 1020. The first kappa shape index (κ1) is 13.2. The topological polar surface area (TPSA) is 96.2 Å².